The molecule has 6 heterocycles. The van der Waals surface area contributed by atoms with Crippen molar-refractivity contribution in [1.82, 2.24) is 29.0 Å². The Hall–Kier alpha value is -5.46. The number of hydrogen-bond acceptors (Lipinski definition) is 10. The van der Waals surface area contributed by atoms with E-state index >= 15 is 0 Å². The highest BCUT2D eigenvalue weighted by molar-refractivity contribution is 5.92. The second-order valence-electron chi connectivity index (χ2n) is 11.0. The SMILES string of the molecule is CC.CC.Cc1cc(Nc2ncnn3ccc(N4CC5CCC4CN5C(=O)C(O)=C(O)O)c23)ccc1Oc1ccc2c(c1)ncn2C. The van der Waals surface area contributed by atoms with E-state index < -0.39 is 17.6 Å². The molecule has 2 atom stereocenters. The number of aromatic nitrogens is 5. The van der Waals surface area contributed by atoms with E-state index in [1.165, 1.54) is 11.2 Å². The van der Waals surface area contributed by atoms with Crippen LogP contribution in [-0.4, -0.2) is 75.4 Å². The molecule has 47 heavy (non-hydrogen) atoms. The van der Waals surface area contributed by atoms with Crippen molar-refractivity contribution in [3.05, 3.63) is 78.6 Å². The topological polar surface area (TPSA) is 154 Å². The maximum Gasteiger partial charge on any atom is 0.324 e. The van der Waals surface area contributed by atoms with E-state index in [0.29, 0.717) is 24.7 Å². The number of nitrogens with zero attached hydrogens (tertiary/aromatic N) is 7. The van der Waals surface area contributed by atoms with Crippen molar-refractivity contribution in [2.24, 2.45) is 7.05 Å². The minimum Gasteiger partial charge on any atom is -0.498 e. The average molecular weight is 643 g/mol. The fourth-order valence-corrected chi connectivity index (χ4v) is 6.15. The van der Waals surface area contributed by atoms with Gasteiger partial charge in [-0.25, -0.2) is 14.5 Å². The van der Waals surface area contributed by atoms with E-state index in [4.69, 9.17) is 4.74 Å². The molecule has 3 saturated heterocycles. The molecule has 13 heteroatoms. The Kier molecular flexibility index (Phi) is 9.73. The number of piperazine rings is 1. The molecular weight excluding hydrogens is 600 g/mol. The van der Waals surface area contributed by atoms with Crippen molar-refractivity contribution in [1.29, 1.82) is 0 Å². The van der Waals surface area contributed by atoms with Gasteiger partial charge in [0.25, 0.3) is 11.7 Å². The second kappa shape index (κ2) is 13.9. The van der Waals surface area contributed by atoms with E-state index in [1.807, 2.05) is 94.9 Å². The predicted octanol–water partition coefficient (Wildman–Crippen LogP) is 6.54. The van der Waals surface area contributed by atoms with Gasteiger partial charge in [0.05, 0.1) is 23.0 Å². The van der Waals surface area contributed by atoms with Crippen LogP contribution in [0.4, 0.5) is 17.2 Å². The Morgan fingerprint density at radius 3 is 2.43 bits per heavy atom. The second-order valence-corrected chi connectivity index (χ2v) is 11.0. The van der Waals surface area contributed by atoms with Crippen molar-refractivity contribution in [3.8, 4) is 11.5 Å². The van der Waals surface area contributed by atoms with Crippen LogP contribution in [0.15, 0.2) is 73.0 Å². The van der Waals surface area contributed by atoms with Crippen LogP contribution in [-0.2, 0) is 11.8 Å². The number of piperidine rings is 2. The third-order valence-electron chi connectivity index (χ3n) is 8.31. The van der Waals surface area contributed by atoms with Gasteiger partial charge in [-0.1, -0.05) is 27.7 Å². The smallest absolute Gasteiger partial charge is 0.324 e. The zero-order valence-corrected chi connectivity index (χ0v) is 27.5. The van der Waals surface area contributed by atoms with Gasteiger partial charge in [0.1, 0.15) is 23.3 Å². The van der Waals surface area contributed by atoms with Crippen molar-refractivity contribution in [2.45, 2.75) is 59.5 Å². The first-order valence-electron chi connectivity index (χ1n) is 15.9. The standard InChI is InChI=1S/C30H30N8O5.2C2H6/c1-17-11-18(3-8-25(17)43-21-6-7-23-22(12-21)32-16-35(23)2)34-28-26-24(9-10-38(26)33-15-31-28)36-13-20-5-4-19(36)14-37(20)29(40)27(39)30(41)42;2*1-2/h3,6-12,15-16,19-20,39,41-42H,4-5,13-14H2,1-2H3,(H,31,33,34);2*1-2H3. The van der Waals surface area contributed by atoms with Crippen molar-refractivity contribution < 1.29 is 24.9 Å². The Bertz CT molecular complexity index is 1910. The van der Waals surface area contributed by atoms with Crippen molar-refractivity contribution in [2.75, 3.05) is 23.3 Å². The molecule has 5 aromatic rings. The van der Waals surface area contributed by atoms with E-state index in [-0.39, 0.29) is 12.1 Å². The average Bonchev–Trinajstić information content (AvgIpc) is 3.71. The first-order valence-corrected chi connectivity index (χ1v) is 15.9. The number of hydrogen-bond donors (Lipinski definition) is 4. The third kappa shape index (κ3) is 6.33. The minimum atomic E-state index is -1.37. The molecule has 0 aliphatic carbocycles. The van der Waals surface area contributed by atoms with Crippen LogP contribution >= 0.6 is 0 Å². The molecule has 0 spiro atoms. The zero-order chi connectivity index (χ0) is 33.8. The Morgan fingerprint density at radius 2 is 1.72 bits per heavy atom. The summed E-state index contributed by atoms with van der Waals surface area (Å²) < 4.78 is 9.92. The van der Waals surface area contributed by atoms with Gasteiger partial charge in [-0.05, 0) is 61.7 Å². The van der Waals surface area contributed by atoms with Crippen LogP contribution in [0.3, 0.4) is 0 Å². The number of carbonyl (C=O) groups is 1. The number of aliphatic hydroxyl groups is 3. The lowest BCUT2D eigenvalue weighted by atomic mass is 9.90. The first kappa shape index (κ1) is 32.9. The van der Waals surface area contributed by atoms with Gasteiger partial charge in [-0.3, -0.25) is 4.79 Å². The molecule has 8 rings (SSSR count). The van der Waals surface area contributed by atoms with Gasteiger partial charge < -0.3 is 39.7 Å². The van der Waals surface area contributed by atoms with Crippen LogP contribution in [0.5, 0.6) is 11.5 Å². The number of imidazole rings is 1. The number of nitrogens with one attached hydrogen (secondary N) is 1. The Balaban J connectivity index is 0.00000105. The molecular formula is C34H42N8O5. The summed E-state index contributed by atoms with van der Waals surface area (Å²) in [7, 11) is 1.96. The summed E-state index contributed by atoms with van der Waals surface area (Å²) in [6.07, 6.45) is 6.76. The maximum absolute atomic E-state index is 12.6. The molecule has 13 nitrogen and oxygen atoms in total. The van der Waals surface area contributed by atoms with Crippen LogP contribution in [0.25, 0.3) is 16.6 Å². The largest absolute Gasteiger partial charge is 0.498 e. The lowest BCUT2D eigenvalue weighted by Crippen LogP contribution is -2.64. The molecule has 0 saturated carbocycles. The molecule has 248 valence electrons. The number of aryl methyl sites for hydroxylation is 2. The molecule has 2 bridgehead atoms. The molecule has 3 fully saturated rings. The molecule has 0 radical (unpaired) electrons. The quantitative estimate of drug-likeness (QED) is 0.119. The monoisotopic (exact) mass is 642 g/mol. The molecule has 3 aliphatic rings. The van der Waals surface area contributed by atoms with Gasteiger partial charge in [-0.15, -0.1) is 0 Å². The minimum absolute atomic E-state index is 0.0224. The normalized spacial score (nSPS) is 16.6. The summed E-state index contributed by atoms with van der Waals surface area (Å²) in [5.74, 6) is -1.10. The highest BCUT2D eigenvalue weighted by atomic mass is 16.5. The van der Waals surface area contributed by atoms with Crippen LogP contribution in [0, 0.1) is 6.92 Å². The van der Waals surface area contributed by atoms with Crippen LogP contribution in [0.1, 0.15) is 46.1 Å². The highest BCUT2D eigenvalue weighted by Gasteiger charge is 2.43. The number of amides is 1. The lowest BCUT2D eigenvalue weighted by molar-refractivity contribution is -0.135. The molecule has 2 unspecified atom stereocenters. The van der Waals surface area contributed by atoms with Crippen LogP contribution < -0.4 is 15.0 Å². The summed E-state index contributed by atoms with van der Waals surface area (Å²) in [5, 5.41) is 36.1. The number of rotatable bonds is 6. The third-order valence-corrected chi connectivity index (χ3v) is 8.31. The predicted molar refractivity (Wildman–Crippen MR) is 182 cm³/mol. The summed E-state index contributed by atoms with van der Waals surface area (Å²) in [5.41, 5.74) is 5.40. The van der Waals surface area contributed by atoms with Gasteiger partial charge in [0, 0.05) is 50.2 Å². The first-order chi connectivity index (χ1) is 22.8. The van der Waals surface area contributed by atoms with Crippen molar-refractivity contribution >= 4 is 39.6 Å². The highest BCUT2D eigenvalue weighted by Crippen LogP contribution is 2.38. The van der Waals surface area contributed by atoms with Gasteiger partial charge in [0.2, 0.25) is 0 Å². The summed E-state index contributed by atoms with van der Waals surface area (Å²) in [6, 6.07) is 13.5. The Labute approximate surface area is 273 Å². The van der Waals surface area contributed by atoms with E-state index in [2.05, 4.69) is 25.3 Å². The summed E-state index contributed by atoms with van der Waals surface area (Å²) >= 11 is 0. The molecule has 2 aromatic carbocycles. The molecule has 3 aliphatic heterocycles. The summed E-state index contributed by atoms with van der Waals surface area (Å²) in [6.45, 7) is 10.9. The van der Waals surface area contributed by atoms with E-state index in [0.717, 1.165) is 52.1 Å². The Morgan fingerprint density at radius 1 is 0.957 bits per heavy atom. The molecule has 3 aromatic heterocycles. The molecule has 4 N–H and O–H groups in total. The van der Waals surface area contributed by atoms with Crippen molar-refractivity contribution in [3.63, 3.8) is 0 Å². The lowest BCUT2D eigenvalue weighted by Gasteiger charge is -2.52. The van der Waals surface area contributed by atoms with E-state index in [9.17, 15) is 20.1 Å². The number of carbonyl (C=O) groups excluding carboxylic acids is 1. The van der Waals surface area contributed by atoms with Gasteiger partial charge >= 0.3 is 5.95 Å². The van der Waals surface area contributed by atoms with Crippen LogP contribution in [0.2, 0.25) is 0 Å². The summed E-state index contributed by atoms with van der Waals surface area (Å²) in [4.78, 5) is 25.4. The fourth-order valence-electron chi connectivity index (χ4n) is 6.15. The van der Waals surface area contributed by atoms with Gasteiger partial charge in [-0.2, -0.15) is 5.10 Å². The number of anilines is 3. The maximum atomic E-state index is 12.6. The number of benzene rings is 2. The number of fused-ring (bicyclic) bond motifs is 5. The number of ether oxygens (including phenoxy) is 1. The van der Waals surface area contributed by atoms with Gasteiger partial charge in [0.15, 0.2) is 5.82 Å². The fraction of sp³-hybridized carbons (Fsp3) is 0.353. The van der Waals surface area contributed by atoms with E-state index in [1.54, 1.807) is 10.8 Å². The molecule has 1 amide bonds. The number of aliphatic hydroxyl groups excluding tert-OH is 2. The zero-order valence-electron chi connectivity index (χ0n) is 27.5.